The molecule has 0 unspecified atom stereocenters. The van der Waals surface area contributed by atoms with E-state index in [1.54, 1.807) is 0 Å². The van der Waals surface area contributed by atoms with Crippen LogP contribution in [0.1, 0.15) is 31.7 Å². The molecule has 2 nitrogen and oxygen atoms in total. The molecular weight excluding hydrogens is 268 g/mol. The third kappa shape index (κ3) is 5.10. The SMILES string of the molecule is CCCC[C@H](O)COCc1ccccc1Br. The van der Waals surface area contributed by atoms with Crippen LogP contribution in [-0.2, 0) is 11.3 Å². The highest BCUT2D eigenvalue weighted by molar-refractivity contribution is 9.10. The van der Waals surface area contributed by atoms with Crippen molar-refractivity contribution in [3.63, 3.8) is 0 Å². The molecule has 0 bridgehead atoms. The van der Waals surface area contributed by atoms with Gasteiger partial charge in [0.05, 0.1) is 19.3 Å². The lowest BCUT2D eigenvalue weighted by molar-refractivity contribution is 0.0234. The molecule has 0 aliphatic rings. The van der Waals surface area contributed by atoms with Crippen LogP contribution in [0.25, 0.3) is 0 Å². The van der Waals surface area contributed by atoms with Crippen molar-refractivity contribution in [1.29, 1.82) is 0 Å². The van der Waals surface area contributed by atoms with E-state index >= 15 is 0 Å². The second-order valence-electron chi connectivity index (χ2n) is 3.90. The summed E-state index contributed by atoms with van der Waals surface area (Å²) in [5.41, 5.74) is 1.12. The van der Waals surface area contributed by atoms with Gasteiger partial charge in [0.25, 0.3) is 0 Å². The Balaban J connectivity index is 2.23. The fraction of sp³-hybridized carbons (Fsp3) is 0.538. The zero-order valence-corrected chi connectivity index (χ0v) is 11.2. The molecule has 0 saturated heterocycles. The van der Waals surface area contributed by atoms with Crippen LogP contribution in [-0.4, -0.2) is 17.8 Å². The summed E-state index contributed by atoms with van der Waals surface area (Å²) in [4.78, 5) is 0. The zero-order valence-electron chi connectivity index (χ0n) is 9.66. The largest absolute Gasteiger partial charge is 0.391 e. The number of hydrogen-bond donors (Lipinski definition) is 1. The smallest absolute Gasteiger partial charge is 0.0773 e. The lowest BCUT2D eigenvalue weighted by atomic mass is 10.2. The van der Waals surface area contributed by atoms with Crippen molar-refractivity contribution >= 4 is 15.9 Å². The highest BCUT2D eigenvalue weighted by Gasteiger charge is 2.04. The second-order valence-corrected chi connectivity index (χ2v) is 4.76. The summed E-state index contributed by atoms with van der Waals surface area (Å²) in [7, 11) is 0. The molecule has 0 aliphatic carbocycles. The van der Waals surface area contributed by atoms with Crippen LogP contribution >= 0.6 is 15.9 Å². The maximum Gasteiger partial charge on any atom is 0.0773 e. The topological polar surface area (TPSA) is 29.5 Å². The first kappa shape index (κ1) is 13.7. The molecule has 0 aromatic heterocycles. The standard InChI is InChI=1S/C13H19BrO2/c1-2-3-7-12(15)10-16-9-11-6-4-5-8-13(11)14/h4-6,8,12,15H,2-3,7,9-10H2,1H3/t12-/m0/s1. The summed E-state index contributed by atoms with van der Waals surface area (Å²) in [6, 6.07) is 7.97. The average Bonchev–Trinajstić information content (AvgIpc) is 2.29. The predicted molar refractivity (Wildman–Crippen MR) is 69.3 cm³/mol. The first-order chi connectivity index (χ1) is 7.74. The fourth-order valence-electron chi connectivity index (χ4n) is 1.44. The quantitative estimate of drug-likeness (QED) is 0.831. The third-order valence-corrected chi connectivity index (χ3v) is 3.19. The van der Waals surface area contributed by atoms with Crippen LogP contribution in [0.2, 0.25) is 0 Å². The molecule has 0 fully saturated rings. The maximum atomic E-state index is 9.59. The van der Waals surface area contributed by atoms with E-state index in [1.807, 2.05) is 24.3 Å². The molecule has 1 N–H and O–H groups in total. The Kier molecular flexibility index (Phi) is 6.69. The molecule has 0 radical (unpaired) electrons. The zero-order chi connectivity index (χ0) is 11.8. The molecule has 0 aliphatic heterocycles. The minimum atomic E-state index is -0.331. The molecule has 0 spiro atoms. The van der Waals surface area contributed by atoms with E-state index in [1.165, 1.54) is 0 Å². The van der Waals surface area contributed by atoms with Crippen LogP contribution < -0.4 is 0 Å². The van der Waals surface area contributed by atoms with Gasteiger partial charge >= 0.3 is 0 Å². The van der Waals surface area contributed by atoms with Crippen molar-refractivity contribution in [2.75, 3.05) is 6.61 Å². The van der Waals surface area contributed by atoms with Gasteiger partial charge < -0.3 is 9.84 Å². The first-order valence-electron chi connectivity index (χ1n) is 5.73. The van der Waals surface area contributed by atoms with Crippen LogP contribution in [0, 0.1) is 0 Å². The Morgan fingerprint density at radius 3 is 2.81 bits per heavy atom. The van der Waals surface area contributed by atoms with Crippen molar-refractivity contribution in [3.05, 3.63) is 34.3 Å². The van der Waals surface area contributed by atoms with Crippen molar-refractivity contribution in [2.45, 2.75) is 38.9 Å². The second kappa shape index (κ2) is 7.82. The number of halogens is 1. The van der Waals surface area contributed by atoms with Crippen LogP contribution in [0.5, 0.6) is 0 Å². The highest BCUT2D eigenvalue weighted by atomic mass is 79.9. The van der Waals surface area contributed by atoms with Gasteiger partial charge in [-0.3, -0.25) is 0 Å². The molecule has 1 aromatic carbocycles. The van der Waals surface area contributed by atoms with Crippen LogP contribution in [0.3, 0.4) is 0 Å². The van der Waals surface area contributed by atoms with Gasteiger partial charge in [0.15, 0.2) is 0 Å². The Morgan fingerprint density at radius 2 is 2.12 bits per heavy atom. The van der Waals surface area contributed by atoms with Crippen LogP contribution in [0.4, 0.5) is 0 Å². The third-order valence-electron chi connectivity index (χ3n) is 2.42. The van der Waals surface area contributed by atoms with Gasteiger partial charge in [-0.15, -0.1) is 0 Å². The molecule has 3 heteroatoms. The summed E-state index contributed by atoms with van der Waals surface area (Å²) in [6.07, 6.45) is 2.66. The van der Waals surface area contributed by atoms with E-state index in [-0.39, 0.29) is 6.10 Å². The van der Waals surface area contributed by atoms with Crippen molar-refractivity contribution in [3.8, 4) is 0 Å². The van der Waals surface area contributed by atoms with Gasteiger partial charge in [-0.25, -0.2) is 0 Å². The first-order valence-corrected chi connectivity index (χ1v) is 6.52. The molecule has 0 amide bonds. The molecule has 0 saturated carbocycles. The average molecular weight is 287 g/mol. The predicted octanol–water partition coefficient (Wildman–Crippen LogP) is 3.52. The summed E-state index contributed by atoms with van der Waals surface area (Å²) in [5.74, 6) is 0. The number of unbranched alkanes of at least 4 members (excludes halogenated alkanes) is 1. The van der Waals surface area contributed by atoms with E-state index < -0.39 is 0 Å². The van der Waals surface area contributed by atoms with E-state index in [0.717, 1.165) is 29.3 Å². The van der Waals surface area contributed by atoms with Gasteiger partial charge in [-0.2, -0.15) is 0 Å². The fourth-order valence-corrected chi connectivity index (χ4v) is 1.84. The molecule has 1 rings (SSSR count). The van der Waals surface area contributed by atoms with Gasteiger partial charge in [-0.1, -0.05) is 53.9 Å². The van der Waals surface area contributed by atoms with E-state index in [0.29, 0.717) is 13.2 Å². The molecule has 16 heavy (non-hydrogen) atoms. The number of ether oxygens (including phenoxy) is 1. The summed E-state index contributed by atoms with van der Waals surface area (Å²) >= 11 is 3.46. The van der Waals surface area contributed by atoms with Crippen molar-refractivity contribution < 1.29 is 9.84 Å². The van der Waals surface area contributed by atoms with Crippen molar-refractivity contribution in [2.24, 2.45) is 0 Å². The normalized spacial score (nSPS) is 12.7. The molecule has 90 valence electrons. The summed E-state index contributed by atoms with van der Waals surface area (Å²) < 4.78 is 6.53. The molecular formula is C13H19BrO2. The Labute approximate surface area is 106 Å². The monoisotopic (exact) mass is 286 g/mol. The number of benzene rings is 1. The summed E-state index contributed by atoms with van der Waals surface area (Å²) in [6.45, 7) is 3.08. The van der Waals surface area contributed by atoms with E-state index in [9.17, 15) is 5.11 Å². The number of hydrogen-bond acceptors (Lipinski definition) is 2. The van der Waals surface area contributed by atoms with E-state index in [4.69, 9.17) is 4.74 Å². The number of rotatable bonds is 7. The lowest BCUT2D eigenvalue weighted by Gasteiger charge is -2.11. The molecule has 0 heterocycles. The minimum Gasteiger partial charge on any atom is -0.391 e. The lowest BCUT2D eigenvalue weighted by Crippen LogP contribution is -2.14. The van der Waals surface area contributed by atoms with Crippen molar-refractivity contribution in [1.82, 2.24) is 0 Å². The van der Waals surface area contributed by atoms with Gasteiger partial charge in [0.1, 0.15) is 0 Å². The Bertz CT molecular complexity index is 302. The van der Waals surface area contributed by atoms with Crippen LogP contribution in [0.15, 0.2) is 28.7 Å². The Hall–Kier alpha value is -0.380. The Morgan fingerprint density at radius 1 is 1.38 bits per heavy atom. The summed E-state index contributed by atoms with van der Waals surface area (Å²) in [5, 5.41) is 9.59. The molecule has 1 atom stereocenters. The molecule has 1 aromatic rings. The highest BCUT2D eigenvalue weighted by Crippen LogP contribution is 2.16. The number of aliphatic hydroxyl groups is 1. The maximum absolute atomic E-state index is 9.59. The van der Waals surface area contributed by atoms with E-state index in [2.05, 4.69) is 22.9 Å². The van der Waals surface area contributed by atoms with Gasteiger partial charge in [0, 0.05) is 4.47 Å². The van der Waals surface area contributed by atoms with Gasteiger partial charge in [0.2, 0.25) is 0 Å². The van der Waals surface area contributed by atoms with Gasteiger partial charge in [-0.05, 0) is 18.1 Å². The minimum absolute atomic E-state index is 0.331. The number of aliphatic hydroxyl groups excluding tert-OH is 1.